The highest BCUT2D eigenvalue weighted by Crippen LogP contribution is 2.32. The van der Waals surface area contributed by atoms with Crippen molar-refractivity contribution in [2.24, 2.45) is 0 Å². The summed E-state index contributed by atoms with van der Waals surface area (Å²) >= 11 is 0. The maximum Gasteiger partial charge on any atom is 0.119 e. The second-order valence-electron chi connectivity index (χ2n) is 6.65. The summed E-state index contributed by atoms with van der Waals surface area (Å²) in [7, 11) is 0. The molecule has 0 amide bonds. The largest absolute Gasteiger partial charge is 0.491 e. The summed E-state index contributed by atoms with van der Waals surface area (Å²) in [4.78, 5) is 0. The van der Waals surface area contributed by atoms with Crippen molar-refractivity contribution in [2.75, 3.05) is 19.8 Å². The molecule has 1 N–H and O–H groups in total. The fourth-order valence-corrected chi connectivity index (χ4v) is 3.39. The normalized spacial score (nSPS) is 16.4. The molecule has 0 bridgehead atoms. The Balaban J connectivity index is 1.45. The number of hydrogen-bond acceptors (Lipinski definition) is 3. The Kier molecular flexibility index (Phi) is 6.89. The van der Waals surface area contributed by atoms with Gasteiger partial charge in [0.25, 0.3) is 0 Å². The lowest BCUT2D eigenvalue weighted by Crippen LogP contribution is -2.25. The van der Waals surface area contributed by atoms with E-state index >= 15 is 0 Å². The highest BCUT2D eigenvalue weighted by Gasteiger charge is 2.19. The molecule has 0 fully saturated rings. The van der Waals surface area contributed by atoms with Crippen LogP contribution >= 0.6 is 0 Å². The van der Waals surface area contributed by atoms with E-state index in [2.05, 4.69) is 42.6 Å². The number of fused-ring (bicyclic) bond motifs is 1. The van der Waals surface area contributed by atoms with Gasteiger partial charge >= 0.3 is 0 Å². The van der Waals surface area contributed by atoms with Crippen LogP contribution in [-0.4, -0.2) is 19.8 Å². The smallest absolute Gasteiger partial charge is 0.119 e. The highest BCUT2D eigenvalue weighted by molar-refractivity contribution is 5.39. The van der Waals surface area contributed by atoms with E-state index in [0.717, 1.165) is 18.7 Å². The van der Waals surface area contributed by atoms with Crippen LogP contribution in [0.3, 0.4) is 0 Å². The summed E-state index contributed by atoms with van der Waals surface area (Å²) in [6.45, 7) is 5.13. The quantitative estimate of drug-likeness (QED) is 0.674. The molecule has 0 spiro atoms. The Morgan fingerprint density at radius 3 is 2.80 bits per heavy atom. The molecule has 3 nitrogen and oxygen atoms in total. The van der Waals surface area contributed by atoms with Crippen LogP contribution in [0, 0.1) is 0 Å². The van der Waals surface area contributed by atoms with Gasteiger partial charge in [-0.05, 0) is 61.1 Å². The molecule has 1 atom stereocenters. The van der Waals surface area contributed by atoms with Crippen LogP contribution in [0.25, 0.3) is 0 Å². The first-order chi connectivity index (χ1) is 12.4. The molecule has 0 saturated carbocycles. The summed E-state index contributed by atoms with van der Waals surface area (Å²) in [6, 6.07) is 17.3. The first-order valence-electron chi connectivity index (χ1n) is 9.47. The van der Waals surface area contributed by atoms with Crippen molar-refractivity contribution in [1.29, 1.82) is 0 Å². The van der Waals surface area contributed by atoms with E-state index in [9.17, 15) is 0 Å². The van der Waals surface area contributed by atoms with Crippen molar-refractivity contribution in [3.8, 4) is 5.75 Å². The number of ether oxygens (including phenoxy) is 2. The summed E-state index contributed by atoms with van der Waals surface area (Å²) < 4.78 is 11.6. The Hall–Kier alpha value is -1.84. The molecule has 1 aliphatic rings. The number of rotatable bonds is 9. The van der Waals surface area contributed by atoms with Gasteiger partial charge in [0.05, 0.1) is 13.2 Å². The van der Waals surface area contributed by atoms with Gasteiger partial charge in [-0.1, -0.05) is 43.3 Å². The molecular weight excluding hydrogens is 310 g/mol. The van der Waals surface area contributed by atoms with Crippen molar-refractivity contribution < 1.29 is 9.47 Å². The molecule has 0 saturated heterocycles. The van der Waals surface area contributed by atoms with E-state index in [0.29, 0.717) is 25.9 Å². The van der Waals surface area contributed by atoms with E-state index in [4.69, 9.17) is 9.47 Å². The van der Waals surface area contributed by atoms with Gasteiger partial charge < -0.3 is 14.8 Å². The Morgan fingerprint density at radius 1 is 1.08 bits per heavy atom. The second kappa shape index (κ2) is 9.59. The van der Waals surface area contributed by atoms with Crippen LogP contribution in [-0.2, 0) is 17.8 Å². The van der Waals surface area contributed by atoms with E-state index in [1.54, 1.807) is 0 Å². The van der Waals surface area contributed by atoms with Crippen LogP contribution in [0.2, 0.25) is 0 Å². The fourth-order valence-electron chi connectivity index (χ4n) is 3.39. The van der Waals surface area contributed by atoms with E-state index in [1.165, 1.54) is 36.0 Å². The van der Waals surface area contributed by atoms with Gasteiger partial charge in [-0.25, -0.2) is 0 Å². The molecule has 1 unspecified atom stereocenters. The van der Waals surface area contributed by atoms with E-state index in [-0.39, 0.29) is 0 Å². The molecule has 1 aliphatic carbocycles. The minimum Gasteiger partial charge on any atom is -0.491 e. The molecule has 0 aliphatic heterocycles. The van der Waals surface area contributed by atoms with Crippen LogP contribution in [0.5, 0.6) is 5.75 Å². The summed E-state index contributed by atoms with van der Waals surface area (Å²) in [6.07, 6.45) is 4.82. The maximum atomic E-state index is 5.88. The van der Waals surface area contributed by atoms with E-state index < -0.39 is 0 Å². The molecule has 0 radical (unpaired) electrons. The zero-order chi connectivity index (χ0) is 17.3. The first kappa shape index (κ1) is 18.0. The average molecular weight is 339 g/mol. The Bertz CT molecular complexity index is 642. The lowest BCUT2D eigenvalue weighted by molar-refractivity contribution is 0.0889. The van der Waals surface area contributed by atoms with Crippen molar-refractivity contribution in [3.05, 3.63) is 65.2 Å². The van der Waals surface area contributed by atoms with Gasteiger partial charge in [-0.2, -0.15) is 0 Å². The Labute approximate surface area is 151 Å². The number of benzene rings is 2. The predicted octanol–water partition coefficient (Wildman–Crippen LogP) is 4.66. The maximum absolute atomic E-state index is 5.88. The first-order valence-corrected chi connectivity index (χ1v) is 9.47. The Morgan fingerprint density at radius 2 is 1.96 bits per heavy atom. The SMILES string of the molecule is CCCNC1CCCc2cc(OCCOCc3ccccc3)ccc21. The third kappa shape index (κ3) is 5.32. The van der Waals surface area contributed by atoms with Crippen molar-refractivity contribution in [2.45, 2.75) is 45.3 Å². The third-order valence-corrected chi connectivity index (χ3v) is 4.68. The van der Waals surface area contributed by atoms with Gasteiger partial charge in [0, 0.05) is 6.04 Å². The monoisotopic (exact) mass is 339 g/mol. The van der Waals surface area contributed by atoms with Crippen LogP contribution in [0.4, 0.5) is 0 Å². The van der Waals surface area contributed by atoms with Crippen molar-refractivity contribution in [1.82, 2.24) is 5.32 Å². The summed E-state index contributed by atoms with van der Waals surface area (Å²) in [5, 5.41) is 3.66. The third-order valence-electron chi connectivity index (χ3n) is 4.68. The molecule has 2 aromatic rings. The average Bonchev–Trinajstić information content (AvgIpc) is 2.66. The number of aryl methyl sites for hydroxylation is 1. The van der Waals surface area contributed by atoms with E-state index in [1.807, 2.05) is 18.2 Å². The summed E-state index contributed by atoms with van der Waals surface area (Å²) in [5.41, 5.74) is 4.08. The topological polar surface area (TPSA) is 30.5 Å². The zero-order valence-electron chi connectivity index (χ0n) is 15.2. The van der Waals surface area contributed by atoms with Gasteiger partial charge in [-0.3, -0.25) is 0 Å². The summed E-state index contributed by atoms with van der Waals surface area (Å²) in [5.74, 6) is 0.957. The molecule has 3 heteroatoms. The predicted molar refractivity (Wildman–Crippen MR) is 102 cm³/mol. The molecular formula is C22H29NO2. The fraction of sp³-hybridized carbons (Fsp3) is 0.455. The molecule has 3 rings (SSSR count). The van der Waals surface area contributed by atoms with Crippen molar-refractivity contribution in [3.63, 3.8) is 0 Å². The standard InChI is InChI=1S/C22H29NO2/c1-2-13-23-22-10-6-9-19-16-20(11-12-21(19)22)25-15-14-24-17-18-7-4-3-5-8-18/h3-5,7-8,11-12,16,22-23H,2,6,9-10,13-15,17H2,1H3. The molecule has 2 aromatic carbocycles. The lowest BCUT2D eigenvalue weighted by Gasteiger charge is -2.27. The number of nitrogens with one attached hydrogen (secondary N) is 1. The lowest BCUT2D eigenvalue weighted by atomic mass is 9.87. The minimum absolute atomic E-state index is 0.506. The van der Waals surface area contributed by atoms with Crippen LogP contribution in [0.1, 0.15) is 48.9 Å². The number of hydrogen-bond donors (Lipinski definition) is 1. The second-order valence-corrected chi connectivity index (χ2v) is 6.65. The zero-order valence-corrected chi connectivity index (χ0v) is 15.2. The highest BCUT2D eigenvalue weighted by atomic mass is 16.5. The van der Waals surface area contributed by atoms with Gasteiger partial charge in [0.15, 0.2) is 0 Å². The van der Waals surface area contributed by atoms with Crippen molar-refractivity contribution >= 4 is 0 Å². The molecule has 134 valence electrons. The molecule has 0 aromatic heterocycles. The minimum atomic E-state index is 0.506. The van der Waals surface area contributed by atoms with Crippen LogP contribution in [0.15, 0.2) is 48.5 Å². The van der Waals surface area contributed by atoms with Crippen LogP contribution < -0.4 is 10.1 Å². The molecule has 0 heterocycles. The molecule has 25 heavy (non-hydrogen) atoms. The van der Waals surface area contributed by atoms with Gasteiger partial charge in [0.1, 0.15) is 12.4 Å². The van der Waals surface area contributed by atoms with Gasteiger partial charge in [0.2, 0.25) is 0 Å². The van der Waals surface area contributed by atoms with Gasteiger partial charge in [-0.15, -0.1) is 0 Å².